The van der Waals surface area contributed by atoms with Gasteiger partial charge in [0.25, 0.3) is 0 Å². The smallest absolute Gasteiger partial charge is 0.121 e. The Morgan fingerprint density at radius 3 is 1.42 bits per heavy atom. The summed E-state index contributed by atoms with van der Waals surface area (Å²) in [6, 6.07) is 0. The molecule has 0 spiro atoms. The van der Waals surface area contributed by atoms with E-state index in [9.17, 15) is 5.11 Å². The Hall–Kier alpha value is -0.160. The number of hydrogen-bond acceptors (Lipinski definition) is 4. The van der Waals surface area contributed by atoms with E-state index in [4.69, 9.17) is 15.3 Å². The molecule has 0 aromatic carbocycles. The predicted molar refractivity (Wildman–Crippen MR) is 44.3 cm³/mol. The maximum atomic E-state index is 9.62. The Bertz CT molecular complexity index is 123. The molecule has 0 aromatic heterocycles. The van der Waals surface area contributed by atoms with Gasteiger partial charge in [-0.05, 0) is 20.8 Å². The molecule has 73 valence electrons. The summed E-state index contributed by atoms with van der Waals surface area (Å²) < 4.78 is 0. The summed E-state index contributed by atoms with van der Waals surface area (Å²) in [5.41, 5.74) is -1.74. The molecule has 0 rings (SSSR count). The molecule has 4 N–H and O–H groups in total. The Morgan fingerprint density at radius 2 is 1.33 bits per heavy atom. The lowest BCUT2D eigenvalue weighted by molar-refractivity contribution is -0.120. The second kappa shape index (κ2) is 4.18. The monoisotopic (exact) mass is 177 g/mol. The minimum Gasteiger partial charge on any atom is -0.393 e. The van der Waals surface area contributed by atoms with E-state index in [0.717, 1.165) is 6.42 Å². The molecule has 0 bridgehead atoms. The average Bonchev–Trinajstić information content (AvgIpc) is 1.84. The van der Waals surface area contributed by atoms with Gasteiger partial charge in [-0.15, -0.1) is 0 Å². The molecule has 0 aliphatic rings. The summed E-state index contributed by atoms with van der Waals surface area (Å²) in [7, 11) is 0. The fourth-order valence-electron chi connectivity index (χ4n) is 1.01. The predicted octanol–water partition coefficient (Wildman–Crippen LogP) is -0.936. The van der Waals surface area contributed by atoms with Crippen LogP contribution in [0.25, 0.3) is 0 Å². The van der Waals surface area contributed by atoms with Crippen LogP contribution in [0.5, 0.6) is 0 Å². The van der Waals surface area contributed by atoms with Gasteiger partial charge in [0.1, 0.15) is 5.60 Å². The minimum atomic E-state index is -1.74. The van der Waals surface area contributed by atoms with Gasteiger partial charge in [0, 0.05) is 6.42 Å². The fraction of sp³-hybridized carbons (Fsp3) is 0.875. The quantitative estimate of drug-likeness (QED) is 0.447. The highest BCUT2D eigenvalue weighted by Gasteiger charge is 2.39. The van der Waals surface area contributed by atoms with Crippen LogP contribution in [0.2, 0.25) is 0 Å². The Labute approximate surface area is 72.5 Å². The van der Waals surface area contributed by atoms with Crippen LogP contribution in [-0.2, 0) is 0 Å². The summed E-state index contributed by atoms with van der Waals surface area (Å²) in [4.78, 5) is 0. The SMILES string of the molecule is CC(O)[CH]C(O)(C(C)O)C(C)O. The van der Waals surface area contributed by atoms with Gasteiger partial charge in [0.15, 0.2) is 0 Å². The number of aliphatic hydroxyl groups excluding tert-OH is 3. The van der Waals surface area contributed by atoms with Crippen LogP contribution in [0.15, 0.2) is 0 Å². The number of rotatable bonds is 4. The normalized spacial score (nSPS) is 24.2. The molecule has 0 heterocycles. The summed E-state index contributed by atoms with van der Waals surface area (Å²) >= 11 is 0. The van der Waals surface area contributed by atoms with E-state index in [1.165, 1.54) is 20.8 Å². The summed E-state index contributed by atoms with van der Waals surface area (Å²) in [6.07, 6.45) is -2.00. The lowest BCUT2D eigenvalue weighted by Gasteiger charge is -2.34. The molecule has 12 heavy (non-hydrogen) atoms. The maximum absolute atomic E-state index is 9.62. The van der Waals surface area contributed by atoms with Gasteiger partial charge in [-0.3, -0.25) is 0 Å². The number of hydrogen-bond donors (Lipinski definition) is 4. The van der Waals surface area contributed by atoms with Gasteiger partial charge in [0.05, 0.1) is 18.3 Å². The molecule has 4 heteroatoms. The van der Waals surface area contributed by atoms with Crippen LogP contribution in [0.1, 0.15) is 20.8 Å². The van der Waals surface area contributed by atoms with Gasteiger partial charge in [-0.25, -0.2) is 0 Å². The van der Waals surface area contributed by atoms with Crippen LogP contribution >= 0.6 is 0 Å². The first kappa shape index (κ1) is 11.8. The minimum absolute atomic E-state index is 0.876. The lowest BCUT2D eigenvalue weighted by atomic mass is 9.86. The highest BCUT2D eigenvalue weighted by molar-refractivity contribution is 5.03. The molecule has 0 aliphatic carbocycles. The first-order valence-corrected chi connectivity index (χ1v) is 3.93. The van der Waals surface area contributed by atoms with Gasteiger partial charge >= 0.3 is 0 Å². The van der Waals surface area contributed by atoms with Gasteiger partial charge in [-0.2, -0.15) is 0 Å². The van der Waals surface area contributed by atoms with Crippen LogP contribution in [-0.4, -0.2) is 44.3 Å². The summed E-state index contributed by atoms with van der Waals surface area (Å²) in [5, 5.41) is 36.8. The van der Waals surface area contributed by atoms with Crippen LogP contribution < -0.4 is 0 Å². The molecule has 3 unspecified atom stereocenters. The van der Waals surface area contributed by atoms with Crippen molar-refractivity contribution in [3.63, 3.8) is 0 Å². The Kier molecular flexibility index (Phi) is 4.13. The van der Waals surface area contributed by atoms with E-state index < -0.39 is 23.9 Å². The molecule has 0 fully saturated rings. The summed E-state index contributed by atoms with van der Waals surface area (Å²) in [5.74, 6) is 0. The zero-order valence-corrected chi connectivity index (χ0v) is 7.60. The van der Waals surface area contributed by atoms with Gasteiger partial charge in [0.2, 0.25) is 0 Å². The molecule has 0 aliphatic heterocycles. The largest absolute Gasteiger partial charge is 0.393 e. The molecular formula is C8H17O4. The van der Waals surface area contributed by atoms with Crippen molar-refractivity contribution in [2.45, 2.75) is 44.7 Å². The Balaban J connectivity index is 4.40. The standard InChI is InChI=1S/C8H17O4/c1-5(9)4-8(12,6(2)10)7(3)11/h4-7,9-12H,1-3H3. The van der Waals surface area contributed by atoms with Crippen LogP contribution in [0, 0.1) is 6.42 Å². The maximum Gasteiger partial charge on any atom is 0.121 e. The second-order valence-corrected chi connectivity index (χ2v) is 3.15. The van der Waals surface area contributed by atoms with E-state index in [1.807, 2.05) is 0 Å². The summed E-state index contributed by atoms with van der Waals surface area (Å²) in [6.45, 7) is 4.15. The Morgan fingerprint density at radius 1 is 1.00 bits per heavy atom. The zero-order valence-electron chi connectivity index (χ0n) is 7.60. The van der Waals surface area contributed by atoms with Gasteiger partial charge < -0.3 is 20.4 Å². The van der Waals surface area contributed by atoms with Crippen molar-refractivity contribution >= 4 is 0 Å². The second-order valence-electron chi connectivity index (χ2n) is 3.15. The lowest BCUT2D eigenvalue weighted by Crippen LogP contribution is -2.52. The highest BCUT2D eigenvalue weighted by atomic mass is 16.4. The van der Waals surface area contributed by atoms with Crippen molar-refractivity contribution in [2.24, 2.45) is 0 Å². The molecule has 0 amide bonds. The highest BCUT2D eigenvalue weighted by Crippen LogP contribution is 2.21. The first-order chi connectivity index (χ1) is 5.30. The average molecular weight is 177 g/mol. The molecule has 4 nitrogen and oxygen atoms in total. The van der Waals surface area contributed by atoms with Crippen molar-refractivity contribution in [1.82, 2.24) is 0 Å². The molecule has 1 radical (unpaired) electrons. The third-order valence-electron chi connectivity index (χ3n) is 1.85. The van der Waals surface area contributed by atoms with Crippen molar-refractivity contribution in [3.05, 3.63) is 6.42 Å². The first-order valence-electron chi connectivity index (χ1n) is 3.93. The molecular weight excluding hydrogens is 160 g/mol. The van der Waals surface area contributed by atoms with Crippen molar-refractivity contribution in [2.75, 3.05) is 0 Å². The van der Waals surface area contributed by atoms with E-state index in [1.54, 1.807) is 0 Å². The molecule has 3 atom stereocenters. The van der Waals surface area contributed by atoms with Crippen molar-refractivity contribution in [3.8, 4) is 0 Å². The zero-order chi connectivity index (χ0) is 9.94. The third kappa shape index (κ3) is 2.71. The van der Waals surface area contributed by atoms with E-state index in [0.29, 0.717) is 0 Å². The topological polar surface area (TPSA) is 80.9 Å². The fourth-order valence-corrected chi connectivity index (χ4v) is 1.01. The van der Waals surface area contributed by atoms with Crippen molar-refractivity contribution in [1.29, 1.82) is 0 Å². The molecule has 0 saturated carbocycles. The number of aliphatic hydroxyl groups is 4. The van der Waals surface area contributed by atoms with Crippen LogP contribution in [0.4, 0.5) is 0 Å². The van der Waals surface area contributed by atoms with Gasteiger partial charge in [-0.1, -0.05) is 0 Å². The third-order valence-corrected chi connectivity index (χ3v) is 1.85. The van der Waals surface area contributed by atoms with Crippen molar-refractivity contribution < 1.29 is 20.4 Å². The molecule has 0 aromatic rings. The van der Waals surface area contributed by atoms with E-state index in [-0.39, 0.29) is 0 Å². The van der Waals surface area contributed by atoms with E-state index >= 15 is 0 Å². The molecule has 0 saturated heterocycles. The van der Waals surface area contributed by atoms with E-state index in [2.05, 4.69) is 0 Å². The van der Waals surface area contributed by atoms with Crippen LogP contribution in [0.3, 0.4) is 0 Å².